The normalized spacial score (nSPS) is 25.8. The highest BCUT2D eigenvalue weighted by molar-refractivity contribution is 5.83. The van der Waals surface area contributed by atoms with E-state index in [1.165, 1.54) is 12.8 Å². The molecule has 0 spiro atoms. The summed E-state index contributed by atoms with van der Waals surface area (Å²) < 4.78 is 0. The Labute approximate surface area is 116 Å². The monoisotopic (exact) mass is 268 g/mol. The summed E-state index contributed by atoms with van der Waals surface area (Å²) in [5.41, 5.74) is 5.19. The van der Waals surface area contributed by atoms with Gasteiger partial charge in [0.05, 0.1) is 17.6 Å². The highest BCUT2D eigenvalue weighted by Gasteiger charge is 2.42. The van der Waals surface area contributed by atoms with Gasteiger partial charge in [-0.25, -0.2) is 0 Å². The van der Waals surface area contributed by atoms with E-state index in [9.17, 15) is 9.90 Å². The Kier molecular flexibility index (Phi) is 4.85. The number of carbonyl (C=O) groups is 1. The largest absolute Gasteiger partial charge is 0.394 e. The van der Waals surface area contributed by atoms with Crippen LogP contribution in [0.4, 0.5) is 0 Å². The van der Waals surface area contributed by atoms with Crippen LogP contribution < -0.4 is 11.1 Å². The van der Waals surface area contributed by atoms with Gasteiger partial charge in [-0.2, -0.15) is 0 Å². The fraction of sp³-hybridized carbons (Fsp3) is 0.933. The molecule has 2 saturated carbocycles. The maximum absolute atomic E-state index is 12.7. The lowest BCUT2D eigenvalue weighted by Gasteiger charge is -2.36. The molecule has 4 heteroatoms. The molecule has 0 aromatic carbocycles. The van der Waals surface area contributed by atoms with Gasteiger partial charge in [-0.05, 0) is 25.7 Å². The van der Waals surface area contributed by atoms with Gasteiger partial charge in [0.15, 0.2) is 0 Å². The second-order valence-electron chi connectivity index (χ2n) is 6.50. The molecule has 1 amide bonds. The standard InChI is InChI=1S/C15H28N2O2/c16-11-14(7-3-1-2-4-8-14)13(19)17-15(12-18)9-5-6-10-15/h18H,1-12,16H2,(H,17,19). The summed E-state index contributed by atoms with van der Waals surface area (Å²) in [6.45, 7) is 0.486. The highest BCUT2D eigenvalue weighted by atomic mass is 16.3. The minimum Gasteiger partial charge on any atom is -0.394 e. The molecule has 2 rings (SSSR count). The quantitative estimate of drug-likeness (QED) is 0.679. The van der Waals surface area contributed by atoms with Crippen molar-refractivity contribution in [2.75, 3.05) is 13.2 Å². The molecule has 2 aliphatic rings. The number of nitrogens with two attached hydrogens (primary N) is 1. The number of aliphatic hydroxyl groups is 1. The van der Waals surface area contributed by atoms with Gasteiger partial charge in [0, 0.05) is 6.54 Å². The summed E-state index contributed by atoms with van der Waals surface area (Å²) in [5.74, 6) is 0.0906. The SMILES string of the molecule is NCC1(C(=O)NC2(CO)CCCC2)CCCCCC1. The van der Waals surface area contributed by atoms with Gasteiger partial charge in [-0.3, -0.25) is 4.79 Å². The Morgan fingerprint density at radius 1 is 1.00 bits per heavy atom. The van der Waals surface area contributed by atoms with Crippen LogP contribution in [0.1, 0.15) is 64.2 Å². The average Bonchev–Trinajstić information content (AvgIpc) is 2.75. The summed E-state index contributed by atoms with van der Waals surface area (Å²) in [5, 5.41) is 12.8. The maximum Gasteiger partial charge on any atom is 0.228 e. The molecule has 110 valence electrons. The van der Waals surface area contributed by atoms with Crippen LogP contribution in [0.3, 0.4) is 0 Å². The number of amides is 1. The van der Waals surface area contributed by atoms with Crippen molar-refractivity contribution in [3.8, 4) is 0 Å². The predicted octanol–water partition coefficient (Wildman–Crippen LogP) is 1.71. The van der Waals surface area contributed by atoms with E-state index in [2.05, 4.69) is 5.32 Å². The van der Waals surface area contributed by atoms with Crippen molar-refractivity contribution in [3.05, 3.63) is 0 Å². The first-order valence-electron chi connectivity index (χ1n) is 7.80. The van der Waals surface area contributed by atoms with E-state index in [1.54, 1.807) is 0 Å². The van der Waals surface area contributed by atoms with Gasteiger partial charge in [-0.1, -0.05) is 38.5 Å². The van der Waals surface area contributed by atoms with Crippen LogP contribution in [0.25, 0.3) is 0 Å². The van der Waals surface area contributed by atoms with Crippen molar-refractivity contribution in [3.63, 3.8) is 0 Å². The van der Waals surface area contributed by atoms with E-state index < -0.39 is 0 Å². The number of carbonyl (C=O) groups excluding carboxylic acids is 1. The molecular weight excluding hydrogens is 240 g/mol. The third kappa shape index (κ3) is 3.11. The van der Waals surface area contributed by atoms with Crippen LogP contribution in [-0.4, -0.2) is 29.7 Å². The molecule has 0 aromatic heterocycles. The maximum atomic E-state index is 12.7. The van der Waals surface area contributed by atoms with Crippen molar-refractivity contribution >= 4 is 5.91 Å². The summed E-state index contributed by atoms with van der Waals surface area (Å²) in [6, 6.07) is 0. The fourth-order valence-electron chi connectivity index (χ4n) is 3.68. The molecule has 19 heavy (non-hydrogen) atoms. The topological polar surface area (TPSA) is 75.4 Å². The van der Waals surface area contributed by atoms with E-state index in [1.807, 2.05) is 0 Å². The Hall–Kier alpha value is -0.610. The number of aliphatic hydroxyl groups excluding tert-OH is 1. The zero-order valence-electron chi connectivity index (χ0n) is 11.9. The summed E-state index contributed by atoms with van der Waals surface area (Å²) >= 11 is 0. The molecule has 0 radical (unpaired) electrons. The molecule has 0 heterocycles. The summed E-state index contributed by atoms with van der Waals surface area (Å²) in [7, 11) is 0. The molecular formula is C15H28N2O2. The minimum atomic E-state index is -0.388. The molecule has 2 aliphatic carbocycles. The first-order valence-corrected chi connectivity index (χ1v) is 7.80. The fourth-order valence-corrected chi connectivity index (χ4v) is 3.68. The molecule has 0 saturated heterocycles. The summed E-state index contributed by atoms with van der Waals surface area (Å²) in [6.07, 6.45) is 10.4. The number of nitrogens with one attached hydrogen (secondary N) is 1. The Bertz CT molecular complexity index is 303. The molecule has 4 N–H and O–H groups in total. The lowest BCUT2D eigenvalue weighted by Crippen LogP contribution is -2.56. The van der Waals surface area contributed by atoms with Crippen LogP contribution in [0.15, 0.2) is 0 Å². The van der Waals surface area contributed by atoms with E-state index in [0.717, 1.165) is 51.4 Å². The van der Waals surface area contributed by atoms with Gasteiger partial charge in [0.25, 0.3) is 0 Å². The van der Waals surface area contributed by atoms with E-state index in [4.69, 9.17) is 5.73 Å². The Balaban J connectivity index is 2.07. The van der Waals surface area contributed by atoms with Crippen molar-refractivity contribution in [2.24, 2.45) is 11.1 Å². The van der Waals surface area contributed by atoms with Crippen molar-refractivity contribution in [1.82, 2.24) is 5.32 Å². The molecule has 2 fully saturated rings. The van der Waals surface area contributed by atoms with Crippen molar-refractivity contribution < 1.29 is 9.90 Å². The number of hydrogen-bond donors (Lipinski definition) is 3. The first-order chi connectivity index (χ1) is 9.16. The summed E-state index contributed by atoms with van der Waals surface area (Å²) in [4.78, 5) is 12.7. The van der Waals surface area contributed by atoms with E-state index in [-0.39, 0.29) is 23.5 Å². The third-order valence-electron chi connectivity index (χ3n) is 5.18. The van der Waals surface area contributed by atoms with Gasteiger partial charge in [-0.15, -0.1) is 0 Å². The molecule has 0 aromatic rings. The molecule has 4 nitrogen and oxygen atoms in total. The second-order valence-corrected chi connectivity index (χ2v) is 6.50. The third-order valence-corrected chi connectivity index (χ3v) is 5.18. The van der Waals surface area contributed by atoms with Crippen molar-refractivity contribution in [2.45, 2.75) is 69.7 Å². The van der Waals surface area contributed by atoms with Crippen LogP contribution >= 0.6 is 0 Å². The van der Waals surface area contributed by atoms with Gasteiger partial charge in [0.1, 0.15) is 0 Å². The Morgan fingerprint density at radius 2 is 1.53 bits per heavy atom. The number of hydrogen-bond acceptors (Lipinski definition) is 3. The number of rotatable bonds is 4. The van der Waals surface area contributed by atoms with Gasteiger partial charge >= 0.3 is 0 Å². The van der Waals surface area contributed by atoms with Crippen LogP contribution in [0.2, 0.25) is 0 Å². The molecule has 0 unspecified atom stereocenters. The van der Waals surface area contributed by atoms with E-state index >= 15 is 0 Å². The minimum absolute atomic E-state index is 0.0550. The molecule has 0 aliphatic heterocycles. The second kappa shape index (κ2) is 6.23. The van der Waals surface area contributed by atoms with Crippen LogP contribution in [0.5, 0.6) is 0 Å². The first kappa shape index (κ1) is 14.8. The van der Waals surface area contributed by atoms with Gasteiger partial charge in [0.2, 0.25) is 5.91 Å². The van der Waals surface area contributed by atoms with E-state index in [0.29, 0.717) is 6.54 Å². The predicted molar refractivity (Wildman–Crippen MR) is 75.6 cm³/mol. The lowest BCUT2D eigenvalue weighted by atomic mass is 9.78. The zero-order valence-corrected chi connectivity index (χ0v) is 11.9. The smallest absolute Gasteiger partial charge is 0.228 e. The van der Waals surface area contributed by atoms with Crippen molar-refractivity contribution in [1.29, 1.82) is 0 Å². The van der Waals surface area contributed by atoms with Gasteiger partial charge < -0.3 is 16.2 Å². The zero-order chi connectivity index (χ0) is 13.8. The average molecular weight is 268 g/mol. The molecule has 0 atom stereocenters. The highest BCUT2D eigenvalue weighted by Crippen LogP contribution is 2.36. The Morgan fingerprint density at radius 3 is 2.00 bits per heavy atom. The lowest BCUT2D eigenvalue weighted by molar-refractivity contribution is -0.134. The van der Waals surface area contributed by atoms with Crippen LogP contribution in [0, 0.1) is 5.41 Å². The molecule has 0 bridgehead atoms. The van der Waals surface area contributed by atoms with Crippen LogP contribution in [-0.2, 0) is 4.79 Å².